The average molecular weight is 726 g/mol. The van der Waals surface area contributed by atoms with Crippen molar-refractivity contribution >= 4 is 62.4 Å². The quantitative estimate of drug-likeness (QED) is 0.202. The highest BCUT2D eigenvalue weighted by Gasteiger charge is 2.37. The SMILES string of the molecule is CC(C)(C)OC(=O)N(C(=O)OC(C)(C)C)c1nn(C(=O)OC(C)(C)C)c2nc(-c3ccc(NS(=O)(=O)c4cc(Cl)ccc4C#N)cc3)ncc12. The van der Waals surface area contributed by atoms with Gasteiger partial charge in [-0.05, 0) is 105 Å². The molecule has 2 aromatic carbocycles. The first kappa shape index (κ1) is 37.5. The van der Waals surface area contributed by atoms with Gasteiger partial charge >= 0.3 is 18.3 Å². The number of ether oxygens (including phenoxy) is 3. The molecule has 0 spiro atoms. The fourth-order valence-corrected chi connectivity index (χ4v) is 5.67. The van der Waals surface area contributed by atoms with Crippen LogP contribution >= 0.6 is 11.6 Å². The molecule has 0 aliphatic carbocycles. The van der Waals surface area contributed by atoms with E-state index in [4.69, 9.17) is 25.8 Å². The van der Waals surface area contributed by atoms with Crippen molar-refractivity contribution in [2.24, 2.45) is 0 Å². The van der Waals surface area contributed by atoms with Gasteiger partial charge in [-0.25, -0.2) is 32.8 Å². The lowest BCUT2D eigenvalue weighted by Crippen LogP contribution is -2.44. The molecule has 0 saturated heterocycles. The molecule has 2 amide bonds. The minimum atomic E-state index is -4.19. The predicted octanol–water partition coefficient (Wildman–Crippen LogP) is 7.28. The zero-order valence-corrected chi connectivity index (χ0v) is 30.4. The molecule has 2 heterocycles. The first-order valence-corrected chi connectivity index (χ1v) is 16.9. The number of hydrogen-bond acceptors (Lipinski definition) is 12. The number of hydrogen-bond donors (Lipinski definition) is 1. The maximum atomic E-state index is 13.4. The number of amides is 2. The second kappa shape index (κ2) is 13.6. The largest absolute Gasteiger partial charge is 0.443 e. The molecule has 0 saturated carbocycles. The van der Waals surface area contributed by atoms with Gasteiger partial charge in [-0.15, -0.1) is 9.78 Å². The number of sulfonamides is 1. The summed E-state index contributed by atoms with van der Waals surface area (Å²) in [6.45, 7) is 14.6. The summed E-state index contributed by atoms with van der Waals surface area (Å²) in [5.41, 5.74) is -2.64. The molecule has 0 atom stereocenters. The van der Waals surface area contributed by atoms with Crippen LogP contribution in [0.2, 0.25) is 5.02 Å². The van der Waals surface area contributed by atoms with E-state index in [9.17, 15) is 28.1 Å². The number of rotatable bonds is 5. The Morgan fingerprint density at radius 3 is 1.96 bits per heavy atom. The van der Waals surface area contributed by atoms with Gasteiger partial charge in [-0.3, -0.25) is 4.72 Å². The normalized spacial score (nSPS) is 12.2. The molecule has 0 bridgehead atoms. The molecular formula is C33H36ClN7O8S. The second-order valence-electron chi connectivity index (χ2n) is 13.9. The van der Waals surface area contributed by atoms with Gasteiger partial charge in [0.15, 0.2) is 17.3 Å². The Kier molecular flexibility index (Phi) is 10.2. The van der Waals surface area contributed by atoms with Gasteiger partial charge in [0.1, 0.15) is 27.8 Å². The van der Waals surface area contributed by atoms with E-state index in [0.717, 1.165) is 4.68 Å². The van der Waals surface area contributed by atoms with Crippen molar-refractivity contribution in [3.8, 4) is 17.5 Å². The third-order valence-corrected chi connectivity index (χ3v) is 7.74. The summed E-state index contributed by atoms with van der Waals surface area (Å²) in [6.07, 6.45) is -1.94. The van der Waals surface area contributed by atoms with Crippen LogP contribution in [0.5, 0.6) is 0 Å². The van der Waals surface area contributed by atoms with Gasteiger partial charge < -0.3 is 14.2 Å². The molecular weight excluding hydrogens is 690 g/mol. The second-order valence-corrected chi connectivity index (χ2v) is 16.0. The van der Waals surface area contributed by atoms with Crippen LogP contribution in [0.1, 0.15) is 67.9 Å². The zero-order chi connectivity index (χ0) is 37.4. The van der Waals surface area contributed by atoms with Crippen molar-refractivity contribution in [1.82, 2.24) is 19.7 Å². The summed E-state index contributed by atoms with van der Waals surface area (Å²) in [6, 6.07) is 11.7. The lowest BCUT2D eigenvalue weighted by molar-refractivity contribution is 0.0420. The molecule has 4 rings (SSSR count). The third-order valence-electron chi connectivity index (χ3n) is 6.08. The van der Waals surface area contributed by atoms with Crippen LogP contribution in [-0.4, -0.2) is 63.2 Å². The molecule has 0 radical (unpaired) electrons. The summed E-state index contributed by atoms with van der Waals surface area (Å²) in [5.74, 6) is -0.269. The number of carbonyl (C=O) groups is 3. The van der Waals surface area contributed by atoms with E-state index in [1.807, 2.05) is 6.07 Å². The Balaban J connectivity index is 1.81. The molecule has 0 aliphatic heterocycles. The van der Waals surface area contributed by atoms with E-state index < -0.39 is 45.1 Å². The smallest absolute Gasteiger partial charge is 0.437 e. The topological polar surface area (TPSA) is 196 Å². The summed E-state index contributed by atoms with van der Waals surface area (Å²) < 4.78 is 45.9. The number of halogens is 1. The summed E-state index contributed by atoms with van der Waals surface area (Å²) in [5, 5.41) is 13.8. The van der Waals surface area contributed by atoms with E-state index in [0.29, 0.717) is 10.5 Å². The number of imide groups is 1. The van der Waals surface area contributed by atoms with Crippen LogP contribution in [0, 0.1) is 11.3 Å². The minimum absolute atomic E-state index is 0.00975. The van der Waals surface area contributed by atoms with Crippen molar-refractivity contribution in [3.63, 3.8) is 0 Å². The Bertz CT molecular complexity index is 2090. The van der Waals surface area contributed by atoms with Gasteiger partial charge in [-0.1, -0.05) is 11.6 Å². The van der Waals surface area contributed by atoms with Crippen LogP contribution < -0.4 is 9.62 Å². The van der Waals surface area contributed by atoms with Crippen LogP contribution in [0.3, 0.4) is 0 Å². The summed E-state index contributed by atoms with van der Waals surface area (Å²) >= 11 is 5.98. The Hall–Kier alpha value is -5.27. The van der Waals surface area contributed by atoms with Gasteiger partial charge in [0.05, 0.1) is 10.9 Å². The molecule has 15 nitrogen and oxygen atoms in total. The van der Waals surface area contributed by atoms with Crippen LogP contribution in [0.15, 0.2) is 53.6 Å². The van der Waals surface area contributed by atoms with Gasteiger partial charge in [0.2, 0.25) is 0 Å². The minimum Gasteiger partial charge on any atom is -0.443 e. The lowest BCUT2D eigenvalue weighted by atomic mass is 10.2. The zero-order valence-electron chi connectivity index (χ0n) is 28.9. The van der Waals surface area contributed by atoms with E-state index in [2.05, 4.69) is 19.8 Å². The number of carbonyl (C=O) groups excluding carboxylic acids is 3. The summed E-state index contributed by atoms with van der Waals surface area (Å²) in [7, 11) is -4.19. The number of nitriles is 1. The molecule has 264 valence electrons. The first-order valence-electron chi connectivity index (χ1n) is 15.1. The van der Waals surface area contributed by atoms with Crippen LogP contribution in [0.4, 0.5) is 25.9 Å². The highest BCUT2D eigenvalue weighted by molar-refractivity contribution is 7.92. The Morgan fingerprint density at radius 2 is 1.44 bits per heavy atom. The molecule has 0 aliphatic rings. The van der Waals surface area contributed by atoms with Gasteiger partial charge in [0, 0.05) is 22.5 Å². The maximum Gasteiger partial charge on any atom is 0.437 e. The van der Waals surface area contributed by atoms with Gasteiger partial charge in [0.25, 0.3) is 10.0 Å². The molecule has 17 heteroatoms. The number of fused-ring (bicyclic) bond motifs is 1. The number of benzene rings is 2. The monoisotopic (exact) mass is 725 g/mol. The highest BCUT2D eigenvalue weighted by atomic mass is 35.5. The average Bonchev–Trinajstić information content (AvgIpc) is 3.33. The molecule has 4 aromatic rings. The van der Waals surface area contributed by atoms with E-state index in [1.165, 1.54) is 48.7 Å². The predicted molar refractivity (Wildman–Crippen MR) is 184 cm³/mol. The number of aromatic nitrogens is 4. The molecule has 2 aromatic heterocycles. The third kappa shape index (κ3) is 9.04. The van der Waals surface area contributed by atoms with Crippen molar-refractivity contribution in [2.45, 2.75) is 84.0 Å². The molecule has 1 N–H and O–H groups in total. The van der Waals surface area contributed by atoms with Crippen LogP contribution in [0.25, 0.3) is 22.4 Å². The van der Waals surface area contributed by atoms with E-state index in [-0.39, 0.29) is 43.8 Å². The van der Waals surface area contributed by atoms with Crippen molar-refractivity contribution in [2.75, 3.05) is 9.62 Å². The number of anilines is 2. The first-order chi connectivity index (χ1) is 23.0. The van der Waals surface area contributed by atoms with Crippen molar-refractivity contribution in [1.29, 1.82) is 5.26 Å². The fourth-order valence-electron chi connectivity index (χ4n) is 4.20. The Morgan fingerprint density at radius 1 is 0.880 bits per heavy atom. The van der Waals surface area contributed by atoms with E-state index >= 15 is 0 Å². The van der Waals surface area contributed by atoms with Crippen molar-refractivity contribution < 1.29 is 37.0 Å². The maximum absolute atomic E-state index is 13.4. The lowest BCUT2D eigenvalue weighted by Gasteiger charge is -2.27. The standard InChI is InChI=1S/C33H36ClN7O8S/c1-31(2,3)47-28(42)40(29(43)48-32(4,5)6)27-23-18-36-25(37-26(23)41(38-27)30(44)49-33(7,8)9)19-11-14-22(15-12-19)39-50(45,46)24-16-21(34)13-10-20(24)17-35/h10-16,18,39H,1-9H3. The van der Waals surface area contributed by atoms with Crippen LogP contribution in [-0.2, 0) is 24.2 Å². The van der Waals surface area contributed by atoms with E-state index in [1.54, 1.807) is 62.3 Å². The highest BCUT2D eigenvalue weighted by Crippen LogP contribution is 2.31. The summed E-state index contributed by atoms with van der Waals surface area (Å²) in [4.78, 5) is 49.4. The molecule has 0 unspecified atom stereocenters. The number of nitrogens with one attached hydrogen (secondary N) is 1. The fraction of sp³-hybridized carbons (Fsp3) is 0.364. The number of nitrogens with zero attached hydrogens (tertiary/aromatic N) is 6. The molecule has 50 heavy (non-hydrogen) atoms. The Labute approximate surface area is 294 Å². The molecule has 0 fully saturated rings. The van der Waals surface area contributed by atoms with Gasteiger partial charge in [-0.2, -0.15) is 10.2 Å². The van der Waals surface area contributed by atoms with Crippen molar-refractivity contribution in [3.05, 3.63) is 59.2 Å².